The van der Waals surface area contributed by atoms with Gasteiger partial charge in [0.1, 0.15) is 0 Å². The second kappa shape index (κ2) is 5.28. The lowest BCUT2D eigenvalue weighted by Crippen LogP contribution is -2.50. The van der Waals surface area contributed by atoms with Crippen molar-refractivity contribution in [3.63, 3.8) is 0 Å². The number of nitrogens with zero attached hydrogens (tertiary/aromatic N) is 1. The Bertz CT molecular complexity index is 192. The fourth-order valence-electron chi connectivity index (χ4n) is 2.64. The van der Waals surface area contributed by atoms with E-state index >= 15 is 0 Å². The molecule has 2 aliphatic rings. The summed E-state index contributed by atoms with van der Waals surface area (Å²) in [6.45, 7) is 10.1. The number of morpholine rings is 1. The van der Waals surface area contributed by atoms with E-state index in [2.05, 4.69) is 24.1 Å². The monoisotopic (exact) mass is 212 g/mol. The summed E-state index contributed by atoms with van der Waals surface area (Å²) in [6.07, 6.45) is 3.16. The Morgan fingerprint density at radius 1 is 1.40 bits per heavy atom. The van der Waals surface area contributed by atoms with E-state index < -0.39 is 0 Å². The first-order valence-electron chi connectivity index (χ1n) is 6.32. The smallest absolute Gasteiger partial charge is 0.0674 e. The summed E-state index contributed by atoms with van der Waals surface area (Å²) in [6, 6.07) is 0.600. The summed E-state index contributed by atoms with van der Waals surface area (Å²) in [5, 5.41) is 3.49. The van der Waals surface area contributed by atoms with Gasteiger partial charge in [0, 0.05) is 19.1 Å². The summed E-state index contributed by atoms with van der Waals surface area (Å²) < 4.78 is 5.65. The van der Waals surface area contributed by atoms with E-state index in [0.29, 0.717) is 12.1 Å². The Labute approximate surface area is 93.2 Å². The van der Waals surface area contributed by atoms with Crippen LogP contribution < -0.4 is 5.32 Å². The zero-order valence-corrected chi connectivity index (χ0v) is 10.0. The number of ether oxygens (including phenoxy) is 1. The zero-order valence-electron chi connectivity index (χ0n) is 10.0. The van der Waals surface area contributed by atoms with Gasteiger partial charge in [0.05, 0.1) is 12.7 Å². The molecule has 0 saturated carbocycles. The molecule has 2 fully saturated rings. The summed E-state index contributed by atoms with van der Waals surface area (Å²) in [4.78, 5) is 2.60. The van der Waals surface area contributed by atoms with E-state index in [9.17, 15) is 0 Å². The van der Waals surface area contributed by atoms with Gasteiger partial charge < -0.3 is 10.1 Å². The van der Waals surface area contributed by atoms with Crippen LogP contribution in [0.25, 0.3) is 0 Å². The van der Waals surface area contributed by atoms with Gasteiger partial charge in [-0.2, -0.15) is 0 Å². The summed E-state index contributed by atoms with van der Waals surface area (Å²) in [5.74, 6) is 0.853. The maximum atomic E-state index is 5.65. The maximum absolute atomic E-state index is 5.65. The Hall–Kier alpha value is -0.120. The third-order valence-corrected chi connectivity index (χ3v) is 3.63. The van der Waals surface area contributed by atoms with E-state index in [-0.39, 0.29) is 0 Å². The molecule has 0 spiro atoms. The average Bonchev–Trinajstić information content (AvgIpc) is 2.25. The van der Waals surface area contributed by atoms with Gasteiger partial charge in [-0.3, -0.25) is 4.90 Å². The predicted molar refractivity (Wildman–Crippen MR) is 62.0 cm³/mol. The molecule has 88 valence electrons. The molecule has 0 aromatic carbocycles. The first kappa shape index (κ1) is 11.4. The van der Waals surface area contributed by atoms with Crippen molar-refractivity contribution in [3.05, 3.63) is 0 Å². The van der Waals surface area contributed by atoms with Crippen LogP contribution in [0.3, 0.4) is 0 Å². The first-order valence-corrected chi connectivity index (χ1v) is 6.32. The van der Waals surface area contributed by atoms with Crippen LogP contribution in [0.15, 0.2) is 0 Å². The minimum absolute atomic E-state index is 0.415. The zero-order chi connectivity index (χ0) is 10.7. The average molecular weight is 212 g/mol. The predicted octanol–water partition coefficient (Wildman–Crippen LogP) is 1.10. The van der Waals surface area contributed by atoms with Gasteiger partial charge in [0.2, 0.25) is 0 Å². The minimum atomic E-state index is 0.415. The lowest BCUT2D eigenvalue weighted by atomic mass is 9.98. The first-order chi connectivity index (χ1) is 7.25. The molecule has 0 aromatic rings. The number of piperidine rings is 1. The van der Waals surface area contributed by atoms with Crippen LogP contribution in [-0.2, 0) is 4.74 Å². The lowest BCUT2D eigenvalue weighted by Gasteiger charge is -2.39. The van der Waals surface area contributed by atoms with Crippen molar-refractivity contribution >= 4 is 0 Å². The molecule has 2 aliphatic heterocycles. The molecule has 3 nitrogen and oxygen atoms in total. The summed E-state index contributed by atoms with van der Waals surface area (Å²) in [5.41, 5.74) is 0. The topological polar surface area (TPSA) is 24.5 Å². The third kappa shape index (κ3) is 3.16. The Morgan fingerprint density at radius 3 is 3.00 bits per heavy atom. The molecule has 0 aliphatic carbocycles. The molecule has 2 rings (SSSR count). The Morgan fingerprint density at radius 2 is 2.27 bits per heavy atom. The number of hydrogen-bond acceptors (Lipinski definition) is 3. The van der Waals surface area contributed by atoms with Crippen molar-refractivity contribution in [1.29, 1.82) is 0 Å². The summed E-state index contributed by atoms with van der Waals surface area (Å²) in [7, 11) is 0. The highest BCUT2D eigenvalue weighted by molar-refractivity contribution is 4.80. The fraction of sp³-hybridized carbons (Fsp3) is 1.00. The van der Waals surface area contributed by atoms with E-state index in [1.165, 1.54) is 32.5 Å². The molecule has 3 heteroatoms. The highest BCUT2D eigenvalue weighted by atomic mass is 16.5. The van der Waals surface area contributed by atoms with E-state index in [4.69, 9.17) is 4.74 Å². The van der Waals surface area contributed by atoms with Crippen LogP contribution in [0.4, 0.5) is 0 Å². The van der Waals surface area contributed by atoms with Gasteiger partial charge in [-0.05, 0) is 45.7 Å². The molecule has 0 radical (unpaired) electrons. The highest BCUT2D eigenvalue weighted by Gasteiger charge is 2.26. The second-order valence-corrected chi connectivity index (χ2v) is 5.16. The van der Waals surface area contributed by atoms with Gasteiger partial charge in [-0.1, -0.05) is 0 Å². The van der Waals surface area contributed by atoms with Crippen molar-refractivity contribution in [2.24, 2.45) is 5.92 Å². The largest absolute Gasteiger partial charge is 0.376 e. The molecule has 1 N–H and O–H groups in total. The fourth-order valence-corrected chi connectivity index (χ4v) is 2.64. The van der Waals surface area contributed by atoms with E-state index in [1.54, 1.807) is 0 Å². The standard InChI is InChI=1S/C12H24N2O/c1-10-9-15-11(2)7-14(10)8-12-4-3-5-13-6-12/h10-13H,3-9H2,1-2H3. The van der Waals surface area contributed by atoms with Crippen molar-refractivity contribution in [3.8, 4) is 0 Å². The highest BCUT2D eigenvalue weighted by Crippen LogP contribution is 2.17. The van der Waals surface area contributed by atoms with Crippen LogP contribution in [0.5, 0.6) is 0 Å². The minimum Gasteiger partial charge on any atom is -0.376 e. The molecule has 0 aromatic heterocycles. The van der Waals surface area contributed by atoms with Gasteiger partial charge in [0.15, 0.2) is 0 Å². The quantitative estimate of drug-likeness (QED) is 0.742. The Balaban J connectivity index is 1.80. The van der Waals surface area contributed by atoms with Gasteiger partial charge in [-0.15, -0.1) is 0 Å². The SMILES string of the molecule is CC1CN(CC2CCCNC2)C(C)CO1. The normalized spacial score (nSPS) is 39.2. The Kier molecular flexibility index (Phi) is 4.00. The maximum Gasteiger partial charge on any atom is 0.0674 e. The molecule has 0 amide bonds. The van der Waals surface area contributed by atoms with E-state index in [1.807, 2.05) is 0 Å². The van der Waals surface area contributed by atoms with Crippen LogP contribution >= 0.6 is 0 Å². The molecule has 3 unspecified atom stereocenters. The van der Waals surface area contributed by atoms with Crippen LogP contribution in [0, 0.1) is 5.92 Å². The van der Waals surface area contributed by atoms with Gasteiger partial charge in [0.25, 0.3) is 0 Å². The lowest BCUT2D eigenvalue weighted by molar-refractivity contribution is -0.0550. The number of nitrogens with one attached hydrogen (secondary N) is 1. The van der Waals surface area contributed by atoms with E-state index in [0.717, 1.165) is 19.1 Å². The molecular weight excluding hydrogens is 188 g/mol. The molecule has 0 bridgehead atoms. The summed E-state index contributed by atoms with van der Waals surface area (Å²) >= 11 is 0. The van der Waals surface area contributed by atoms with Crippen LogP contribution in [-0.4, -0.2) is 49.8 Å². The third-order valence-electron chi connectivity index (χ3n) is 3.63. The number of rotatable bonds is 2. The molecule has 2 saturated heterocycles. The van der Waals surface area contributed by atoms with Crippen molar-refractivity contribution in [2.45, 2.75) is 38.8 Å². The molecule has 3 atom stereocenters. The van der Waals surface area contributed by atoms with Crippen molar-refractivity contribution in [2.75, 3.05) is 32.8 Å². The van der Waals surface area contributed by atoms with Crippen LogP contribution in [0.2, 0.25) is 0 Å². The van der Waals surface area contributed by atoms with Gasteiger partial charge in [-0.25, -0.2) is 0 Å². The molecule has 15 heavy (non-hydrogen) atoms. The van der Waals surface area contributed by atoms with Crippen molar-refractivity contribution in [1.82, 2.24) is 10.2 Å². The molecular formula is C12H24N2O. The number of hydrogen-bond donors (Lipinski definition) is 1. The van der Waals surface area contributed by atoms with Gasteiger partial charge >= 0.3 is 0 Å². The second-order valence-electron chi connectivity index (χ2n) is 5.16. The van der Waals surface area contributed by atoms with Crippen LogP contribution in [0.1, 0.15) is 26.7 Å². The van der Waals surface area contributed by atoms with Crippen molar-refractivity contribution < 1.29 is 4.74 Å². The molecule has 2 heterocycles.